The number of urea groups is 1. The average molecular weight is 236 g/mol. The summed E-state index contributed by atoms with van der Waals surface area (Å²) in [7, 11) is 1.63. The van der Waals surface area contributed by atoms with Crippen molar-refractivity contribution in [3.63, 3.8) is 0 Å². The lowest BCUT2D eigenvalue weighted by atomic mass is 10.0. The van der Waals surface area contributed by atoms with E-state index in [9.17, 15) is 4.79 Å². The number of hydrogen-bond donors (Lipinski definition) is 2. The molecule has 17 heavy (non-hydrogen) atoms. The fourth-order valence-corrected chi connectivity index (χ4v) is 1.68. The molecule has 0 heterocycles. The Balaban J connectivity index is 2.83. The van der Waals surface area contributed by atoms with E-state index in [1.807, 2.05) is 39.0 Å². The van der Waals surface area contributed by atoms with Gasteiger partial charge in [-0.1, -0.05) is 17.7 Å². The van der Waals surface area contributed by atoms with Crippen LogP contribution in [0.15, 0.2) is 18.2 Å². The smallest absolute Gasteiger partial charge is 0.315 e. The molecule has 1 unspecified atom stereocenters. The molecule has 1 aromatic rings. The zero-order valence-electron chi connectivity index (χ0n) is 10.8. The third-order valence-electron chi connectivity index (χ3n) is 2.54. The Kier molecular flexibility index (Phi) is 4.82. The second-order valence-corrected chi connectivity index (χ2v) is 3.97. The standard InChI is InChI=1S/C13H20N2O2/c1-5-14-13(16)15-10(3)11-8-9(2)6-7-12(11)17-4/h6-8,10H,5H2,1-4H3,(H2,14,15,16). The minimum atomic E-state index is -0.163. The van der Waals surface area contributed by atoms with Crippen LogP contribution in [0.2, 0.25) is 0 Å². The lowest BCUT2D eigenvalue weighted by molar-refractivity contribution is 0.238. The third kappa shape index (κ3) is 3.66. The predicted octanol–water partition coefficient (Wildman–Crippen LogP) is 2.38. The Labute approximate surface area is 102 Å². The first kappa shape index (κ1) is 13.4. The zero-order valence-corrected chi connectivity index (χ0v) is 10.8. The van der Waals surface area contributed by atoms with Gasteiger partial charge in [0.25, 0.3) is 0 Å². The maximum absolute atomic E-state index is 11.4. The molecule has 2 amide bonds. The predicted molar refractivity (Wildman–Crippen MR) is 68.4 cm³/mol. The minimum Gasteiger partial charge on any atom is -0.496 e. The summed E-state index contributed by atoms with van der Waals surface area (Å²) >= 11 is 0. The van der Waals surface area contributed by atoms with Crippen molar-refractivity contribution in [1.29, 1.82) is 0 Å². The fourth-order valence-electron chi connectivity index (χ4n) is 1.68. The van der Waals surface area contributed by atoms with Crippen molar-refractivity contribution >= 4 is 6.03 Å². The highest BCUT2D eigenvalue weighted by Crippen LogP contribution is 2.25. The van der Waals surface area contributed by atoms with Crippen molar-refractivity contribution in [2.75, 3.05) is 13.7 Å². The molecule has 1 aromatic carbocycles. The summed E-state index contributed by atoms with van der Waals surface area (Å²) in [4.78, 5) is 11.4. The van der Waals surface area contributed by atoms with Crippen LogP contribution >= 0.6 is 0 Å². The van der Waals surface area contributed by atoms with E-state index in [4.69, 9.17) is 4.74 Å². The first-order valence-electron chi connectivity index (χ1n) is 5.77. The SMILES string of the molecule is CCNC(=O)NC(C)c1cc(C)ccc1OC. The molecule has 0 aliphatic rings. The van der Waals surface area contributed by atoms with E-state index < -0.39 is 0 Å². The van der Waals surface area contributed by atoms with Gasteiger partial charge in [0.2, 0.25) is 0 Å². The third-order valence-corrected chi connectivity index (χ3v) is 2.54. The van der Waals surface area contributed by atoms with Gasteiger partial charge in [-0.3, -0.25) is 0 Å². The number of amides is 2. The van der Waals surface area contributed by atoms with Gasteiger partial charge in [0.05, 0.1) is 13.2 Å². The molecular formula is C13H20N2O2. The Bertz CT molecular complexity index is 391. The van der Waals surface area contributed by atoms with Crippen LogP contribution in [-0.4, -0.2) is 19.7 Å². The highest BCUT2D eigenvalue weighted by molar-refractivity contribution is 5.74. The van der Waals surface area contributed by atoms with E-state index in [0.717, 1.165) is 16.9 Å². The molecule has 1 rings (SSSR count). The van der Waals surface area contributed by atoms with Gasteiger partial charge >= 0.3 is 6.03 Å². The number of aryl methyl sites for hydroxylation is 1. The number of benzene rings is 1. The number of rotatable bonds is 4. The second kappa shape index (κ2) is 6.13. The van der Waals surface area contributed by atoms with Crippen molar-refractivity contribution in [2.24, 2.45) is 0 Å². The molecule has 0 aromatic heterocycles. The fraction of sp³-hybridized carbons (Fsp3) is 0.462. The van der Waals surface area contributed by atoms with Crippen LogP contribution in [-0.2, 0) is 0 Å². The van der Waals surface area contributed by atoms with Crippen LogP contribution in [0.25, 0.3) is 0 Å². The number of carbonyl (C=O) groups excluding carboxylic acids is 1. The molecule has 4 nitrogen and oxygen atoms in total. The number of methoxy groups -OCH3 is 1. The van der Waals surface area contributed by atoms with Crippen LogP contribution in [0, 0.1) is 6.92 Å². The van der Waals surface area contributed by atoms with Crippen molar-refractivity contribution in [3.8, 4) is 5.75 Å². The summed E-state index contributed by atoms with van der Waals surface area (Å²) in [6.07, 6.45) is 0. The maximum Gasteiger partial charge on any atom is 0.315 e. The zero-order chi connectivity index (χ0) is 12.8. The molecule has 0 aliphatic heterocycles. The Morgan fingerprint density at radius 1 is 1.47 bits per heavy atom. The van der Waals surface area contributed by atoms with E-state index in [-0.39, 0.29) is 12.1 Å². The topological polar surface area (TPSA) is 50.4 Å². The van der Waals surface area contributed by atoms with E-state index in [1.54, 1.807) is 7.11 Å². The summed E-state index contributed by atoms with van der Waals surface area (Å²) in [5.41, 5.74) is 2.13. The second-order valence-electron chi connectivity index (χ2n) is 3.97. The monoisotopic (exact) mass is 236 g/mol. The van der Waals surface area contributed by atoms with Gasteiger partial charge in [0, 0.05) is 12.1 Å². The molecule has 2 N–H and O–H groups in total. The lowest BCUT2D eigenvalue weighted by Crippen LogP contribution is -2.36. The van der Waals surface area contributed by atoms with E-state index in [0.29, 0.717) is 6.54 Å². The van der Waals surface area contributed by atoms with Crippen LogP contribution in [0.4, 0.5) is 4.79 Å². The van der Waals surface area contributed by atoms with E-state index in [1.165, 1.54) is 0 Å². The summed E-state index contributed by atoms with van der Waals surface area (Å²) in [5.74, 6) is 0.792. The molecule has 4 heteroatoms. The summed E-state index contributed by atoms with van der Waals surface area (Å²) in [6.45, 7) is 6.45. The largest absolute Gasteiger partial charge is 0.496 e. The van der Waals surface area contributed by atoms with Crippen molar-refractivity contribution in [3.05, 3.63) is 29.3 Å². The summed E-state index contributed by atoms with van der Waals surface area (Å²) in [5, 5.41) is 5.58. The first-order valence-corrected chi connectivity index (χ1v) is 5.77. The number of carbonyl (C=O) groups is 1. The quantitative estimate of drug-likeness (QED) is 0.843. The van der Waals surface area contributed by atoms with Gasteiger partial charge in [-0.05, 0) is 26.8 Å². The van der Waals surface area contributed by atoms with Gasteiger partial charge in [0.1, 0.15) is 5.75 Å². The van der Waals surface area contributed by atoms with E-state index >= 15 is 0 Å². The molecule has 0 fully saturated rings. The van der Waals surface area contributed by atoms with Gasteiger partial charge in [-0.2, -0.15) is 0 Å². The van der Waals surface area contributed by atoms with Gasteiger partial charge in [-0.15, -0.1) is 0 Å². The van der Waals surface area contributed by atoms with Gasteiger partial charge in [0.15, 0.2) is 0 Å². The Morgan fingerprint density at radius 2 is 2.18 bits per heavy atom. The van der Waals surface area contributed by atoms with Gasteiger partial charge < -0.3 is 15.4 Å². The highest BCUT2D eigenvalue weighted by atomic mass is 16.5. The Hall–Kier alpha value is -1.71. The van der Waals surface area contributed by atoms with Gasteiger partial charge in [-0.25, -0.2) is 4.79 Å². The van der Waals surface area contributed by atoms with Crippen molar-refractivity contribution in [1.82, 2.24) is 10.6 Å². The molecule has 0 saturated carbocycles. The summed E-state index contributed by atoms with van der Waals surface area (Å²) < 4.78 is 5.29. The Morgan fingerprint density at radius 3 is 2.76 bits per heavy atom. The number of nitrogens with one attached hydrogen (secondary N) is 2. The molecule has 0 bridgehead atoms. The molecule has 0 aliphatic carbocycles. The minimum absolute atomic E-state index is 0.0867. The molecule has 0 radical (unpaired) electrons. The highest BCUT2D eigenvalue weighted by Gasteiger charge is 2.13. The normalized spacial score (nSPS) is 11.8. The number of ether oxygens (including phenoxy) is 1. The van der Waals surface area contributed by atoms with Crippen LogP contribution < -0.4 is 15.4 Å². The molecule has 94 valence electrons. The van der Waals surface area contributed by atoms with Crippen molar-refractivity contribution in [2.45, 2.75) is 26.8 Å². The molecule has 0 spiro atoms. The lowest BCUT2D eigenvalue weighted by Gasteiger charge is -2.18. The number of hydrogen-bond acceptors (Lipinski definition) is 2. The molecule has 1 atom stereocenters. The maximum atomic E-state index is 11.4. The average Bonchev–Trinajstić information content (AvgIpc) is 2.29. The summed E-state index contributed by atoms with van der Waals surface area (Å²) in [6, 6.07) is 5.68. The molecular weight excluding hydrogens is 216 g/mol. The van der Waals surface area contributed by atoms with Crippen LogP contribution in [0.5, 0.6) is 5.75 Å². The molecule has 0 saturated heterocycles. The van der Waals surface area contributed by atoms with Crippen LogP contribution in [0.3, 0.4) is 0 Å². The van der Waals surface area contributed by atoms with Crippen LogP contribution in [0.1, 0.15) is 31.0 Å². The van der Waals surface area contributed by atoms with Crippen molar-refractivity contribution < 1.29 is 9.53 Å². The van der Waals surface area contributed by atoms with E-state index in [2.05, 4.69) is 10.6 Å². The first-order chi connectivity index (χ1) is 8.08.